The Balaban J connectivity index is 1.73. The van der Waals surface area contributed by atoms with Gasteiger partial charge in [-0.15, -0.1) is 0 Å². The molecule has 7 heteroatoms. The lowest BCUT2D eigenvalue weighted by Crippen LogP contribution is -2.40. The molecule has 0 aliphatic carbocycles. The maximum atomic E-state index is 11.6. The van der Waals surface area contributed by atoms with Crippen molar-refractivity contribution in [3.05, 3.63) is 12.4 Å². The molecule has 0 atom stereocenters. The van der Waals surface area contributed by atoms with Gasteiger partial charge in [-0.2, -0.15) is 0 Å². The fourth-order valence-corrected chi connectivity index (χ4v) is 2.40. The van der Waals surface area contributed by atoms with E-state index in [1.54, 1.807) is 12.4 Å². The number of piperidine rings is 1. The predicted molar refractivity (Wildman–Crippen MR) is 85.6 cm³/mol. The second kappa shape index (κ2) is 6.81. The number of amides is 1. The molecule has 0 spiro atoms. The Morgan fingerprint density at radius 1 is 1.36 bits per heavy atom. The van der Waals surface area contributed by atoms with Crippen molar-refractivity contribution in [3.63, 3.8) is 0 Å². The van der Waals surface area contributed by atoms with Crippen LogP contribution >= 0.6 is 0 Å². The van der Waals surface area contributed by atoms with Crippen molar-refractivity contribution >= 4 is 17.7 Å². The van der Waals surface area contributed by atoms with Gasteiger partial charge in [0.15, 0.2) is 0 Å². The summed E-state index contributed by atoms with van der Waals surface area (Å²) in [7, 11) is 0. The van der Waals surface area contributed by atoms with Gasteiger partial charge in [-0.1, -0.05) is 0 Å². The smallest absolute Gasteiger partial charge is 0.407 e. The fourth-order valence-electron chi connectivity index (χ4n) is 2.40. The van der Waals surface area contributed by atoms with Crippen LogP contribution in [0.25, 0.3) is 0 Å². The largest absolute Gasteiger partial charge is 0.444 e. The van der Waals surface area contributed by atoms with Gasteiger partial charge >= 0.3 is 6.09 Å². The van der Waals surface area contributed by atoms with E-state index in [9.17, 15) is 4.79 Å². The van der Waals surface area contributed by atoms with Crippen LogP contribution in [0.1, 0.15) is 33.6 Å². The second-order valence-corrected chi connectivity index (χ2v) is 6.61. The summed E-state index contributed by atoms with van der Waals surface area (Å²) in [6, 6.07) is 0. The Hall–Kier alpha value is -2.05. The van der Waals surface area contributed by atoms with Crippen LogP contribution in [0.5, 0.6) is 0 Å². The minimum atomic E-state index is -0.457. The van der Waals surface area contributed by atoms with Gasteiger partial charge in [0.25, 0.3) is 0 Å². The van der Waals surface area contributed by atoms with Gasteiger partial charge in [-0.25, -0.2) is 14.8 Å². The molecule has 0 aromatic carbocycles. The van der Waals surface area contributed by atoms with Gasteiger partial charge in [0.05, 0.1) is 12.4 Å². The summed E-state index contributed by atoms with van der Waals surface area (Å²) in [6.07, 6.45) is 4.93. The summed E-state index contributed by atoms with van der Waals surface area (Å²) < 4.78 is 5.24. The van der Waals surface area contributed by atoms with E-state index in [1.807, 2.05) is 20.8 Å². The molecule has 0 bridgehead atoms. The monoisotopic (exact) mass is 307 g/mol. The lowest BCUT2D eigenvalue weighted by atomic mass is 9.97. The number of carbonyl (C=O) groups excluding carboxylic acids is 1. The number of anilines is 2. The first-order chi connectivity index (χ1) is 10.3. The zero-order chi connectivity index (χ0) is 16.2. The molecule has 2 rings (SSSR count). The number of rotatable bonds is 3. The maximum Gasteiger partial charge on any atom is 0.407 e. The third kappa shape index (κ3) is 5.05. The zero-order valence-electron chi connectivity index (χ0n) is 13.5. The number of alkyl carbamates (subject to hydrolysis) is 1. The molecule has 122 valence electrons. The molecule has 1 aromatic heterocycles. The highest BCUT2D eigenvalue weighted by molar-refractivity contribution is 5.67. The summed E-state index contributed by atoms with van der Waals surface area (Å²) in [5, 5.41) is 2.85. The molecule has 0 unspecified atom stereocenters. The molecule has 1 aromatic rings. The van der Waals surface area contributed by atoms with E-state index in [4.69, 9.17) is 10.5 Å². The Kier molecular flexibility index (Phi) is 5.05. The van der Waals surface area contributed by atoms with E-state index in [1.165, 1.54) is 0 Å². The minimum Gasteiger partial charge on any atom is -0.444 e. The van der Waals surface area contributed by atoms with Crippen molar-refractivity contribution in [1.29, 1.82) is 0 Å². The molecule has 1 fully saturated rings. The van der Waals surface area contributed by atoms with E-state index >= 15 is 0 Å². The molecule has 7 nitrogen and oxygen atoms in total. The number of nitrogens with two attached hydrogens (primary N) is 1. The van der Waals surface area contributed by atoms with Crippen LogP contribution in [0.3, 0.4) is 0 Å². The number of ether oxygens (including phenoxy) is 1. The minimum absolute atomic E-state index is 0.348. The van der Waals surface area contributed by atoms with Crippen LogP contribution in [0.2, 0.25) is 0 Å². The van der Waals surface area contributed by atoms with Gasteiger partial charge in [-0.3, -0.25) is 0 Å². The van der Waals surface area contributed by atoms with Gasteiger partial charge in [0, 0.05) is 19.6 Å². The van der Waals surface area contributed by atoms with Gasteiger partial charge in [-0.05, 0) is 39.5 Å². The summed E-state index contributed by atoms with van der Waals surface area (Å²) >= 11 is 0. The van der Waals surface area contributed by atoms with Gasteiger partial charge in [0.2, 0.25) is 0 Å². The molecular formula is C15H25N5O2. The van der Waals surface area contributed by atoms with Gasteiger partial charge < -0.3 is 20.7 Å². The molecular weight excluding hydrogens is 282 g/mol. The summed E-state index contributed by atoms with van der Waals surface area (Å²) in [5.41, 5.74) is 5.09. The number of hydrogen-bond donors (Lipinski definition) is 2. The highest BCUT2D eigenvalue weighted by Crippen LogP contribution is 2.21. The van der Waals surface area contributed by atoms with Crippen LogP contribution in [0, 0.1) is 5.92 Å². The Morgan fingerprint density at radius 3 is 2.59 bits per heavy atom. The average molecular weight is 307 g/mol. The number of nitrogens with zero attached hydrogens (tertiary/aromatic N) is 3. The van der Waals surface area contributed by atoms with E-state index in [-0.39, 0.29) is 6.09 Å². The molecule has 1 saturated heterocycles. The quantitative estimate of drug-likeness (QED) is 0.884. The number of aromatic nitrogens is 2. The third-order valence-corrected chi connectivity index (χ3v) is 3.53. The average Bonchev–Trinajstić information content (AvgIpc) is 2.45. The lowest BCUT2D eigenvalue weighted by molar-refractivity contribution is 0.0517. The van der Waals surface area contributed by atoms with Crippen molar-refractivity contribution in [2.45, 2.75) is 39.2 Å². The molecule has 1 aliphatic heterocycles. The normalized spacial score (nSPS) is 16.4. The van der Waals surface area contributed by atoms with Gasteiger partial charge in [0.1, 0.15) is 17.2 Å². The van der Waals surface area contributed by atoms with Crippen molar-refractivity contribution < 1.29 is 9.53 Å². The molecule has 1 amide bonds. The van der Waals surface area contributed by atoms with Crippen LogP contribution in [-0.2, 0) is 4.74 Å². The molecule has 3 N–H and O–H groups in total. The van der Waals surface area contributed by atoms with E-state index in [0.29, 0.717) is 18.3 Å². The first kappa shape index (κ1) is 16.3. The van der Waals surface area contributed by atoms with E-state index in [2.05, 4.69) is 20.2 Å². The summed E-state index contributed by atoms with van der Waals surface area (Å²) in [6.45, 7) is 8.03. The summed E-state index contributed by atoms with van der Waals surface area (Å²) in [5.74, 6) is 1.75. The zero-order valence-corrected chi connectivity index (χ0v) is 13.5. The van der Waals surface area contributed by atoms with Crippen LogP contribution < -0.4 is 16.0 Å². The molecule has 2 heterocycles. The second-order valence-electron chi connectivity index (χ2n) is 6.61. The third-order valence-electron chi connectivity index (χ3n) is 3.53. The van der Waals surface area contributed by atoms with Crippen molar-refractivity contribution in [1.82, 2.24) is 15.3 Å². The van der Waals surface area contributed by atoms with E-state index < -0.39 is 5.60 Å². The van der Waals surface area contributed by atoms with Crippen molar-refractivity contribution in [2.24, 2.45) is 5.92 Å². The van der Waals surface area contributed by atoms with Crippen molar-refractivity contribution in [3.8, 4) is 0 Å². The molecule has 0 saturated carbocycles. The molecule has 1 aliphatic rings. The van der Waals surface area contributed by atoms with Crippen LogP contribution in [0.4, 0.5) is 16.4 Å². The van der Waals surface area contributed by atoms with E-state index in [0.717, 1.165) is 31.7 Å². The first-order valence-corrected chi connectivity index (χ1v) is 7.63. The number of hydrogen-bond acceptors (Lipinski definition) is 6. The van der Waals surface area contributed by atoms with Crippen LogP contribution in [0.15, 0.2) is 12.4 Å². The number of carbonyl (C=O) groups is 1. The Bertz CT molecular complexity index is 490. The highest BCUT2D eigenvalue weighted by Gasteiger charge is 2.22. The topological polar surface area (TPSA) is 93.4 Å². The van der Waals surface area contributed by atoms with Crippen LogP contribution in [-0.4, -0.2) is 41.3 Å². The maximum absolute atomic E-state index is 11.6. The predicted octanol–water partition coefficient (Wildman–Crippen LogP) is 1.80. The molecule has 0 radical (unpaired) electrons. The first-order valence-electron chi connectivity index (χ1n) is 7.63. The summed E-state index contributed by atoms with van der Waals surface area (Å²) in [4.78, 5) is 22.2. The SMILES string of the molecule is CC(C)(C)OC(=O)NCC1CCN(c2cnc(N)cn2)CC1. The van der Waals surface area contributed by atoms with Crippen molar-refractivity contribution in [2.75, 3.05) is 30.3 Å². The fraction of sp³-hybridized carbons (Fsp3) is 0.667. The molecule has 22 heavy (non-hydrogen) atoms. The standard InChI is InChI=1S/C15H25N5O2/c1-15(2,3)22-14(21)19-8-11-4-6-20(7-5-11)13-10-17-12(16)9-18-13/h9-11H,4-8H2,1-3H3,(H2,16,17)(H,19,21). The number of nitrogen functional groups attached to an aromatic ring is 1. The Morgan fingerprint density at radius 2 is 2.05 bits per heavy atom. The highest BCUT2D eigenvalue weighted by atomic mass is 16.6. The number of nitrogens with one attached hydrogen (secondary N) is 1. The Labute approximate surface area is 131 Å². The lowest BCUT2D eigenvalue weighted by Gasteiger charge is -2.32.